The number of carbonyl (C=O) groups excluding carboxylic acids is 6. The molecule has 1 aliphatic rings. The lowest BCUT2D eigenvalue weighted by Gasteiger charge is -2.29. The van der Waals surface area contributed by atoms with E-state index >= 15 is 0 Å². The molecule has 0 heterocycles. The molecular weight excluding hydrogens is 736 g/mol. The zero-order chi connectivity index (χ0) is 43.2. The number of carbonyl (C=O) groups is 6. The molecule has 0 aromatic rings. The maximum atomic E-state index is 13.8. The highest BCUT2D eigenvalue weighted by atomic mass is 16.6. The molecule has 0 aliphatic heterocycles. The number of unbranched alkanes of at least 4 members (excludes halogenated alkanes) is 2. The Morgan fingerprint density at radius 3 is 1.67 bits per heavy atom. The van der Waals surface area contributed by atoms with E-state index in [-0.39, 0.29) is 24.9 Å². The Morgan fingerprint density at radius 1 is 0.667 bits per heavy atom. The molecule has 330 valence electrons. The lowest BCUT2D eigenvalue weighted by atomic mass is 10.1. The lowest BCUT2D eigenvalue weighted by Crippen LogP contribution is -2.60. The van der Waals surface area contributed by atoms with E-state index in [2.05, 4.69) is 26.6 Å². The van der Waals surface area contributed by atoms with Gasteiger partial charge in [0.1, 0.15) is 35.4 Å². The number of rotatable bonds is 23. The molecule has 57 heavy (non-hydrogen) atoms. The van der Waals surface area contributed by atoms with E-state index in [0.29, 0.717) is 51.8 Å². The summed E-state index contributed by atoms with van der Waals surface area (Å²) in [5.41, 5.74) is 4.97. The first-order valence-corrected chi connectivity index (χ1v) is 21.0. The van der Waals surface area contributed by atoms with Crippen molar-refractivity contribution in [1.82, 2.24) is 26.6 Å². The van der Waals surface area contributed by atoms with E-state index in [9.17, 15) is 28.8 Å². The standard InChI is InChI=1S/C41H76N6O10/c1-11-31(35(49)46-32(37(51)55-29-20-14-12-13-15-21-29)23-17-19-25-44-39(53)57-41(8,9)10)45-36(50)33(28(4)54-26-27(2)3)47-34(48)30(42)22-16-18-24-43-38(52)56-40(5,6)7/h27-33H,11-26,42H2,1-10H3,(H,43,52)(H,44,53)(H,45,50)(H,46,49)(H,47,48)/t28-,30+,31+,32+,33+/m1/s1. The fraction of sp³-hybridized carbons (Fsp3) is 0.854. The van der Waals surface area contributed by atoms with Gasteiger partial charge in [-0.1, -0.05) is 33.6 Å². The average molecular weight is 813 g/mol. The zero-order valence-corrected chi connectivity index (χ0v) is 36.5. The van der Waals surface area contributed by atoms with Crippen LogP contribution >= 0.6 is 0 Å². The van der Waals surface area contributed by atoms with Crippen LogP contribution in [0.5, 0.6) is 0 Å². The van der Waals surface area contributed by atoms with Crippen LogP contribution in [0.25, 0.3) is 0 Å². The van der Waals surface area contributed by atoms with E-state index in [1.165, 1.54) is 0 Å². The van der Waals surface area contributed by atoms with E-state index in [1.807, 2.05) is 13.8 Å². The first kappa shape index (κ1) is 51.4. The summed E-state index contributed by atoms with van der Waals surface area (Å²) in [6, 6.07) is -4.13. The van der Waals surface area contributed by atoms with Gasteiger partial charge in [-0.2, -0.15) is 0 Å². The maximum Gasteiger partial charge on any atom is 0.407 e. The molecule has 1 rings (SSSR count). The fourth-order valence-electron chi connectivity index (χ4n) is 5.94. The highest BCUT2D eigenvalue weighted by Gasteiger charge is 2.34. The first-order valence-electron chi connectivity index (χ1n) is 21.0. The summed E-state index contributed by atoms with van der Waals surface area (Å²) in [5, 5.41) is 13.7. The molecule has 1 fully saturated rings. The topological polar surface area (TPSA) is 226 Å². The minimum Gasteiger partial charge on any atom is -0.461 e. The van der Waals surface area contributed by atoms with Crippen LogP contribution in [0.1, 0.15) is 153 Å². The molecule has 1 aliphatic carbocycles. The number of esters is 1. The Balaban J connectivity index is 2.97. The average Bonchev–Trinajstić information content (AvgIpc) is 3.37. The zero-order valence-electron chi connectivity index (χ0n) is 36.5. The number of alkyl carbamates (subject to hydrolysis) is 2. The van der Waals surface area contributed by atoms with Crippen LogP contribution in [0.4, 0.5) is 9.59 Å². The van der Waals surface area contributed by atoms with Crippen LogP contribution in [0, 0.1) is 5.92 Å². The van der Waals surface area contributed by atoms with Crippen LogP contribution in [0.3, 0.4) is 0 Å². The van der Waals surface area contributed by atoms with Crippen LogP contribution in [0.15, 0.2) is 0 Å². The second-order valence-corrected chi connectivity index (χ2v) is 17.5. The Kier molecular flexibility index (Phi) is 23.8. The van der Waals surface area contributed by atoms with Gasteiger partial charge in [0.25, 0.3) is 0 Å². The summed E-state index contributed by atoms with van der Waals surface area (Å²) >= 11 is 0. The van der Waals surface area contributed by atoms with Gasteiger partial charge in [-0.25, -0.2) is 14.4 Å². The molecule has 0 aromatic heterocycles. The second kappa shape index (κ2) is 26.4. The number of nitrogens with two attached hydrogens (primary N) is 1. The third kappa shape index (κ3) is 24.0. The normalized spacial score (nSPS) is 16.5. The molecule has 7 N–H and O–H groups in total. The molecule has 0 spiro atoms. The number of hydrogen-bond donors (Lipinski definition) is 6. The smallest absolute Gasteiger partial charge is 0.407 e. The van der Waals surface area contributed by atoms with Gasteiger partial charge in [-0.05, 0) is 125 Å². The van der Waals surface area contributed by atoms with Crippen molar-refractivity contribution in [2.75, 3.05) is 19.7 Å². The van der Waals surface area contributed by atoms with Crippen molar-refractivity contribution >= 4 is 35.9 Å². The molecule has 16 heteroatoms. The largest absolute Gasteiger partial charge is 0.461 e. The van der Waals surface area contributed by atoms with Crippen LogP contribution in [-0.4, -0.2) is 103 Å². The molecule has 16 nitrogen and oxygen atoms in total. The first-order chi connectivity index (χ1) is 26.6. The summed E-state index contributed by atoms with van der Waals surface area (Å²) in [5.74, 6) is -2.15. The molecule has 0 unspecified atom stereocenters. The van der Waals surface area contributed by atoms with E-state index in [0.717, 1.165) is 38.5 Å². The van der Waals surface area contributed by atoms with Crippen molar-refractivity contribution in [3.05, 3.63) is 0 Å². The van der Waals surface area contributed by atoms with Crippen molar-refractivity contribution < 1.29 is 47.7 Å². The molecule has 0 saturated heterocycles. The van der Waals surface area contributed by atoms with E-state index in [1.54, 1.807) is 55.4 Å². The SMILES string of the molecule is CC[C@H](NC(=O)[C@@H](NC(=O)[C@@H](N)CCCCNC(=O)OC(C)(C)C)[C@@H](C)OCC(C)C)C(=O)N[C@@H](CCCCNC(=O)OC(C)(C)C)C(=O)OC1CCCCCC1. The van der Waals surface area contributed by atoms with Gasteiger partial charge in [0, 0.05) is 19.7 Å². The van der Waals surface area contributed by atoms with Crippen LogP contribution < -0.4 is 32.3 Å². The summed E-state index contributed by atoms with van der Waals surface area (Å²) in [6.45, 7) is 19.0. The predicted molar refractivity (Wildman–Crippen MR) is 218 cm³/mol. The van der Waals surface area contributed by atoms with Crippen LogP contribution in [-0.2, 0) is 38.1 Å². The van der Waals surface area contributed by atoms with Gasteiger partial charge in [-0.3, -0.25) is 14.4 Å². The Morgan fingerprint density at radius 2 is 1.18 bits per heavy atom. The van der Waals surface area contributed by atoms with Crippen LogP contribution in [0.2, 0.25) is 0 Å². The quantitative estimate of drug-likeness (QED) is 0.0352. The number of ether oxygens (including phenoxy) is 4. The van der Waals surface area contributed by atoms with Gasteiger partial charge in [0.15, 0.2) is 0 Å². The second-order valence-electron chi connectivity index (χ2n) is 17.5. The molecule has 5 atom stereocenters. The van der Waals surface area contributed by atoms with E-state index in [4.69, 9.17) is 24.7 Å². The molecule has 0 radical (unpaired) electrons. The lowest BCUT2D eigenvalue weighted by molar-refractivity contribution is -0.154. The number of hydrogen-bond acceptors (Lipinski definition) is 11. The van der Waals surface area contributed by atoms with E-state index < -0.39 is 77.4 Å². The van der Waals surface area contributed by atoms with Crippen molar-refractivity contribution in [3.8, 4) is 0 Å². The Labute approximate surface area is 341 Å². The third-order valence-electron chi connectivity index (χ3n) is 9.00. The minimum absolute atomic E-state index is 0.153. The summed E-state index contributed by atoms with van der Waals surface area (Å²) in [7, 11) is 0. The highest BCUT2D eigenvalue weighted by molar-refractivity contribution is 5.94. The third-order valence-corrected chi connectivity index (χ3v) is 9.00. The molecule has 0 bridgehead atoms. The van der Waals surface area contributed by atoms with Crippen molar-refractivity contribution in [3.63, 3.8) is 0 Å². The summed E-state index contributed by atoms with van der Waals surface area (Å²) in [6.07, 6.45) is 6.42. The maximum absolute atomic E-state index is 13.8. The number of amides is 5. The molecule has 0 aromatic carbocycles. The van der Waals surface area contributed by atoms with Gasteiger partial charge >= 0.3 is 18.2 Å². The molecule has 1 saturated carbocycles. The monoisotopic (exact) mass is 813 g/mol. The highest BCUT2D eigenvalue weighted by Crippen LogP contribution is 2.21. The molecule has 5 amide bonds. The molecular formula is C41H76N6O10. The fourth-order valence-corrected chi connectivity index (χ4v) is 5.94. The van der Waals surface area contributed by atoms with Gasteiger partial charge in [-0.15, -0.1) is 0 Å². The predicted octanol–water partition coefficient (Wildman–Crippen LogP) is 4.90. The Hall–Kier alpha value is -3.66. The van der Waals surface area contributed by atoms with Gasteiger partial charge in [0.2, 0.25) is 17.7 Å². The number of nitrogens with one attached hydrogen (secondary N) is 5. The van der Waals surface area contributed by atoms with Crippen molar-refractivity contribution in [1.29, 1.82) is 0 Å². The van der Waals surface area contributed by atoms with Gasteiger partial charge < -0.3 is 51.3 Å². The van der Waals surface area contributed by atoms with Crippen molar-refractivity contribution in [2.45, 2.75) is 200 Å². The van der Waals surface area contributed by atoms with Gasteiger partial charge in [0.05, 0.1) is 12.1 Å². The summed E-state index contributed by atoms with van der Waals surface area (Å²) in [4.78, 5) is 78.3. The minimum atomic E-state index is -1.17. The van der Waals surface area contributed by atoms with Crippen molar-refractivity contribution in [2.24, 2.45) is 11.7 Å². The Bertz CT molecular complexity index is 1240. The summed E-state index contributed by atoms with van der Waals surface area (Å²) < 4.78 is 22.3.